The Balaban J connectivity index is 1.12. The highest BCUT2D eigenvalue weighted by Gasteiger charge is 2.46. The van der Waals surface area contributed by atoms with Gasteiger partial charge < -0.3 is 9.32 Å². The van der Waals surface area contributed by atoms with E-state index in [2.05, 4.69) is 144 Å². The Kier molecular flexibility index (Phi) is 10.1. The molecule has 0 aliphatic heterocycles. The molecule has 0 unspecified atom stereocenters. The van der Waals surface area contributed by atoms with Gasteiger partial charge in [-0.2, -0.15) is 0 Å². The van der Waals surface area contributed by atoms with Crippen LogP contribution in [0.4, 0.5) is 17.1 Å². The fourth-order valence-electron chi connectivity index (χ4n) is 11.1. The smallest absolute Gasteiger partial charge is 0.227 e. The summed E-state index contributed by atoms with van der Waals surface area (Å²) in [6.45, 7) is 0. The van der Waals surface area contributed by atoms with E-state index in [4.69, 9.17) is 64.3 Å². The predicted molar refractivity (Wildman–Crippen MR) is 305 cm³/mol. The summed E-state index contributed by atoms with van der Waals surface area (Å²) >= 11 is 1.42. The van der Waals surface area contributed by atoms with E-state index in [1.807, 2.05) is 48.5 Å². The number of rotatable bonds is 7. The lowest BCUT2D eigenvalue weighted by Gasteiger charge is -2.35. The maximum Gasteiger partial charge on any atom is 0.227 e. The van der Waals surface area contributed by atoms with Gasteiger partial charge in [0.25, 0.3) is 0 Å². The lowest BCUT2D eigenvalue weighted by atomic mass is 9.63. The second-order valence-electron chi connectivity index (χ2n) is 18.1. The molecule has 14 radical (unpaired) electrons. The van der Waals surface area contributed by atoms with E-state index >= 15 is 0 Å². The Morgan fingerprint density at radius 1 is 0.437 bits per heavy atom. The molecule has 1 aliphatic carbocycles. The zero-order chi connectivity index (χ0) is 48.3. The second-order valence-corrected chi connectivity index (χ2v) is 19.1. The molecule has 11 heteroatoms. The Bertz CT molecular complexity index is 4070. The summed E-state index contributed by atoms with van der Waals surface area (Å²) in [6, 6.07) is 65.3. The molecule has 2 aromatic heterocycles. The lowest BCUT2D eigenvalue weighted by molar-refractivity contribution is 0.621. The summed E-state index contributed by atoms with van der Waals surface area (Å²) in [6.07, 6.45) is 0. The summed E-state index contributed by atoms with van der Waals surface area (Å²) in [5, 5.41) is 2.30. The third-order valence-corrected chi connectivity index (χ3v) is 15.6. The second kappa shape index (κ2) is 16.5. The SMILES string of the molecule is [B]c1c([B])c([B])c2c(c1[B])c(-c1nc3ccccc3o1)c([B])c1c2sc2c([B])cc(N(c3ccc(-c4ccccc4)cc3)c3ccc4c(c3)C(c3ccccc3)(c3ccccc3)c3ccccc3-4)c([B])c21. The fraction of sp³-hybridized carbons (Fsp3) is 0.0167. The van der Waals surface area contributed by atoms with Crippen molar-refractivity contribution in [1.82, 2.24) is 4.98 Å². The molecule has 2 heterocycles. The average molecular weight is 904 g/mol. The van der Waals surface area contributed by atoms with E-state index < -0.39 is 5.41 Å². The summed E-state index contributed by atoms with van der Waals surface area (Å²) in [7, 11) is 49.6. The first-order valence-electron chi connectivity index (χ1n) is 23.2. The number of nitrogens with zero attached hydrogens (tertiary/aromatic N) is 2. The van der Waals surface area contributed by atoms with Crippen LogP contribution in [0.15, 0.2) is 192 Å². The number of aromatic nitrogens is 1. The zero-order valence-corrected chi connectivity index (χ0v) is 39.0. The largest absolute Gasteiger partial charge is 0.436 e. The van der Waals surface area contributed by atoms with Gasteiger partial charge in [-0.25, -0.2) is 4.98 Å². The van der Waals surface area contributed by atoms with Gasteiger partial charge >= 0.3 is 0 Å². The van der Waals surface area contributed by atoms with Gasteiger partial charge in [-0.1, -0.05) is 173 Å². The van der Waals surface area contributed by atoms with E-state index in [0.717, 1.165) is 44.8 Å². The number of para-hydroxylation sites is 2. The summed E-state index contributed by atoms with van der Waals surface area (Å²) in [5.74, 6) is 0.243. The molecule has 0 spiro atoms. The van der Waals surface area contributed by atoms with Crippen molar-refractivity contribution in [3.8, 4) is 33.7 Å². The van der Waals surface area contributed by atoms with Crippen LogP contribution in [0.1, 0.15) is 22.3 Å². The third kappa shape index (κ3) is 6.35. The molecule has 0 bridgehead atoms. The molecule has 0 amide bonds. The Hall–Kier alpha value is -7.60. The van der Waals surface area contributed by atoms with Gasteiger partial charge in [0.1, 0.15) is 60.4 Å². The van der Waals surface area contributed by atoms with Crippen LogP contribution >= 0.6 is 11.3 Å². The summed E-state index contributed by atoms with van der Waals surface area (Å²) < 4.78 is 7.85. The predicted octanol–water partition coefficient (Wildman–Crippen LogP) is 8.07. The number of fused-ring (bicyclic) bond motifs is 9. The highest BCUT2D eigenvalue weighted by Crippen LogP contribution is 2.57. The minimum atomic E-state index is -0.658. The molecule has 10 aromatic carbocycles. The molecule has 12 aromatic rings. The Morgan fingerprint density at radius 3 is 1.68 bits per heavy atom. The molecular formula is C60H31B7N2OS. The standard InChI is InChI=1S/C60H31B7N2OS/c61-42-31-44(51(62)48-49-52(63)50(59-68-43-22-12-13-23-45(43)70-59)46-47(58(49)71-57(42)48)54(65)56(67)55(66)53(46)64)69(36-26-24-33(25-27-36)32-14-4-1-5-15-32)37-28-29-39-38-20-10-11-21-40(38)60(41(39)30-37,34-16-6-2-7-17-34)35-18-8-3-9-19-35/h1-31H. The highest BCUT2D eigenvalue weighted by molar-refractivity contribution is 7.28. The molecule has 3 nitrogen and oxygen atoms in total. The van der Waals surface area contributed by atoms with E-state index in [1.54, 1.807) is 0 Å². The molecule has 314 valence electrons. The number of oxazole rings is 1. The van der Waals surface area contributed by atoms with Crippen molar-refractivity contribution in [2.75, 3.05) is 4.90 Å². The van der Waals surface area contributed by atoms with Gasteiger partial charge in [-0.15, -0.1) is 22.3 Å². The number of thiophene rings is 1. The zero-order valence-electron chi connectivity index (χ0n) is 38.2. The van der Waals surface area contributed by atoms with Crippen molar-refractivity contribution >= 4 is 164 Å². The molecule has 0 saturated heterocycles. The average Bonchev–Trinajstić information content (AvgIpc) is 4.12. The highest BCUT2D eigenvalue weighted by atomic mass is 32.1. The number of benzene rings is 10. The molecular weight excluding hydrogens is 872 g/mol. The molecule has 1 aliphatic rings. The van der Waals surface area contributed by atoms with Crippen molar-refractivity contribution in [1.29, 1.82) is 0 Å². The first kappa shape index (κ1) is 43.4. The van der Waals surface area contributed by atoms with Crippen molar-refractivity contribution in [3.05, 3.63) is 210 Å². The normalized spacial score (nSPS) is 12.7. The van der Waals surface area contributed by atoms with Crippen LogP contribution < -0.4 is 43.1 Å². The summed E-state index contributed by atoms with van der Waals surface area (Å²) in [5.41, 5.74) is 14.5. The van der Waals surface area contributed by atoms with Crippen LogP contribution in [-0.4, -0.2) is 59.9 Å². The topological polar surface area (TPSA) is 29.3 Å². The molecule has 71 heavy (non-hydrogen) atoms. The van der Waals surface area contributed by atoms with Gasteiger partial charge in [0.15, 0.2) is 5.58 Å². The minimum Gasteiger partial charge on any atom is -0.436 e. The van der Waals surface area contributed by atoms with Gasteiger partial charge in [-0.3, -0.25) is 0 Å². The number of anilines is 3. The first-order valence-corrected chi connectivity index (χ1v) is 24.0. The number of hydrogen-bond donors (Lipinski definition) is 0. The van der Waals surface area contributed by atoms with Crippen LogP contribution in [0.25, 0.3) is 75.8 Å². The van der Waals surface area contributed by atoms with Crippen molar-refractivity contribution in [3.63, 3.8) is 0 Å². The van der Waals surface area contributed by atoms with Crippen LogP contribution in [0, 0.1) is 0 Å². The third-order valence-electron chi connectivity index (χ3n) is 14.4. The maximum atomic E-state index is 7.71. The quantitative estimate of drug-likeness (QED) is 0.152. The Morgan fingerprint density at radius 2 is 0.986 bits per heavy atom. The minimum absolute atomic E-state index is 0.142. The first-order chi connectivity index (χ1) is 34.6. The molecule has 0 fully saturated rings. The Labute approximate surface area is 424 Å². The molecule has 0 saturated carbocycles. The van der Waals surface area contributed by atoms with Crippen LogP contribution in [-0.2, 0) is 5.41 Å². The van der Waals surface area contributed by atoms with Crippen LogP contribution in [0.2, 0.25) is 0 Å². The maximum absolute atomic E-state index is 7.71. The fourth-order valence-corrected chi connectivity index (χ4v) is 12.5. The van der Waals surface area contributed by atoms with Gasteiger partial charge in [-0.05, 0) is 109 Å². The lowest BCUT2D eigenvalue weighted by Crippen LogP contribution is -2.48. The van der Waals surface area contributed by atoms with Crippen molar-refractivity contribution in [2.24, 2.45) is 0 Å². The van der Waals surface area contributed by atoms with Gasteiger partial charge in [0, 0.05) is 32.0 Å². The van der Waals surface area contributed by atoms with Gasteiger partial charge in [0.2, 0.25) is 5.89 Å². The monoisotopic (exact) mass is 904 g/mol. The van der Waals surface area contributed by atoms with Crippen molar-refractivity contribution in [2.45, 2.75) is 5.41 Å². The van der Waals surface area contributed by atoms with E-state index in [9.17, 15) is 0 Å². The van der Waals surface area contributed by atoms with Crippen LogP contribution in [0.3, 0.4) is 0 Å². The van der Waals surface area contributed by atoms with Gasteiger partial charge in [0.05, 0.1) is 5.41 Å². The van der Waals surface area contributed by atoms with E-state index in [0.29, 0.717) is 69.7 Å². The molecule has 0 N–H and O–H groups in total. The van der Waals surface area contributed by atoms with E-state index in [1.165, 1.54) is 22.5 Å². The molecule has 0 atom stereocenters. The summed E-state index contributed by atoms with van der Waals surface area (Å²) in [4.78, 5) is 7.10. The van der Waals surface area contributed by atoms with Crippen molar-refractivity contribution < 1.29 is 4.42 Å². The van der Waals surface area contributed by atoms with E-state index in [-0.39, 0.29) is 27.7 Å². The molecule has 13 rings (SSSR count). The number of hydrogen-bond acceptors (Lipinski definition) is 4. The van der Waals surface area contributed by atoms with Crippen LogP contribution in [0.5, 0.6) is 0 Å².